The first-order valence-corrected chi connectivity index (χ1v) is 12.4. The number of piperazine rings is 1. The van der Waals surface area contributed by atoms with E-state index in [1.54, 1.807) is 31.3 Å². The monoisotopic (exact) mass is 521 g/mol. The van der Waals surface area contributed by atoms with Crippen molar-refractivity contribution >= 4 is 34.0 Å². The van der Waals surface area contributed by atoms with Crippen molar-refractivity contribution in [2.24, 2.45) is 0 Å². The Labute approximate surface area is 218 Å². The summed E-state index contributed by atoms with van der Waals surface area (Å²) in [6.45, 7) is 7.06. The molecule has 2 aromatic heterocycles. The lowest BCUT2D eigenvalue weighted by Crippen LogP contribution is -2.43. The number of H-pyrrole nitrogens is 1. The Bertz CT molecular complexity index is 1480. The molecule has 3 N–H and O–H groups in total. The number of aryl methyl sites for hydroxylation is 1. The van der Waals surface area contributed by atoms with E-state index in [0.717, 1.165) is 18.8 Å². The SMILES string of the molecule is CCN(C)C(=O)c1c(Nc2ccc(N3CCNCC3)c(F)c2)ncnc1Oc1ccc2[nH]c(C)cc2c1F. The second-order valence-electron chi connectivity index (χ2n) is 9.14. The van der Waals surface area contributed by atoms with Crippen molar-refractivity contribution in [1.29, 1.82) is 0 Å². The molecule has 0 spiro atoms. The molecule has 1 aliphatic heterocycles. The van der Waals surface area contributed by atoms with Gasteiger partial charge < -0.3 is 30.2 Å². The lowest BCUT2D eigenvalue weighted by Gasteiger charge is -2.29. The molecule has 1 saturated heterocycles. The smallest absolute Gasteiger partial charge is 0.262 e. The van der Waals surface area contributed by atoms with E-state index in [9.17, 15) is 4.79 Å². The molecule has 38 heavy (non-hydrogen) atoms. The molecule has 2 aromatic carbocycles. The Morgan fingerprint density at radius 2 is 1.95 bits per heavy atom. The lowest BCUT2D eigenvalue weighted by atomic mass is 10.2. The van der Waals surface area contributed by atoms with Crippen LogP contribution in [0, 0.1) is 18.6 Å². The highest BCUT2D eigenvalue weighted by molar-refractivity contribution is 6.01. The normalized spacial score (nSPS) is 13.6. The molecular weight excluding hydrogens is 492 g/mol. The van der Waals surface area contributed by atoms with E-state index >= 15 is 8.78 Å². The van der Waals surface area contributed by atoms with Gasteiger partial charge in [0.05, 0.1) is 5.69 Å². The van der Waals surface area contributed by atoms with Gasteiger partial charge in [0.25, 0.3) is 5.91 Å². The van der Waals surface area contributed by atoms with Crippen LogP contribution in [0.25, 0.3) is 10.9 Å². The summed E-state index contributed by atoms with van der Waals surface area (Å²) in [5, 5.41) is 6.65. The van der Waals surface area contributed by atoms with Crippen LogP contribution in [0.5, 0.6) is 11.6 Å². The third-order valence-electron chi connectivity index (χ3n) is 6.56. The van der Waals surface area contributed by atoms with Gasteiger partial charge in [-0.2, -0.15) is 0 Å². The van der Waals surface area contributed by atoms with E-state index in [4.69, 9.17) is 4.74 Å². The first-order valence-electron chi connectivity index (χ1n) is 12.4. The highest BCUT2D eigenvalue weighted by atomic mass is 19.1. The quantitative estimate of drug-likeness (QED) is 0.327. The number of amides is 1. The summed E-state index contributed by atoms with van der Waals surface area (Å²) in [7, 11) is 1.63. The van der Waals surface area contributed by atoms with Crippen molar-refractivity contribution in [3.8, 4) is 11.6 Å². The van der Waals surface area contributed by atoms with Gasteiger partial charge in [-0.1, -0.05) is 0 Å². The highest BCUT2D eigenvalue weighted by Gasteiger charge is 2.25. The predicted octanol–water partition coefficient (Wildman–Crippen LogP) is 4.58. The van der Waals surface area contributed by atoms with E-state index in [1.807, 2.05) is 18.7 Å². The number of hydrogen-bond donors (Lipinski definition) is 3. The molecule has 198 valence electrons. The minimum atomic E-state index is -0.576. The van der Waals surface area contributed by atoms with Crippen LogP contribution >= 0.6 is 0 Å². The first-order chi connectivity index (χ1) is 18.4. The van der Waals surface area contributed by atoms with Crippen LogP contribution in [0.2, 0.25) is 0 Å². The molecule has 9 nitrogen and oxygen atoms in total. The molecule has 1 aliphatic rings. The average molecular weight is 522 g/mol. The van der Waals surface area contributed by atoms with E-state index in [2.05, 4.69) is 25.6 Å². The van der Waals surface area contributed by atoms with Crippen molar-refractivity contribution in [1.82, 2.24) is 25.2 Å². The summed E-state index contributed by atoms with van der Waals surface area (Å²) in [5.74, 6) is -1.47. The molecule has 0 aliphatic carbocycles. The number of benzene rings is 2. The zero-order valence-electron chi connectivity index (χ0n) is 21.4. The van der Waals surface area contributed by atoms with Gasteiger partial charge in [-0.3, -0.25) is 4.79 Å². The summed E-state index contributed by atoms with van der Waals surface area (Å²) in [4.78, 5) is 28.3. The Morgan fingerprint density at radius 3 is 2.68 bits per heavy atom. The van der Waals surface area contributed by atoms with Gasteiger partial charge in [-0.25, -0.2) is 18.7 Å². The number of aromatic nitrogens is 3. The Balaban J connectivity index is 1.50. The molecule has 0 atom stereocenters. The summed E-state index contributed by atoms with van der Waals surface area (Å²) < 4.78 is 36.2. The second-order valence-corrected chi connectivity index (χ2v) is 9.14. The molecule has 0 bridgehead atoms. The maximum atomic E-state index is 15.3. The van der Waals surface area contributed by atoms with Crippen LogP contribution < -0.4 is 20.3 Å². The minimum absolute atomic E-state index is 0.00758. The average Bonchev–Trinajstić information content (AvgIpc) is 3.31. The third-order valence-corrected chi connectivity index (χ3v) is 6.56. The maximum absolute atomic E-state index is 15.3. The Kier molecular flexibility index (Phi) is 7.10. The van der Waals surface area contributed by atoms with Crippen molar-refractivity contribution in [2.75, 3.05) is 50.0 Å². The molecule has 0 unspecified atom stereocenters. The number of fused-ring (bicyclic) bond motifs is 1. The fourth-order valence-electron chi connectivity index (χ4n) is 4.42. The number of anilines is 3. The van der Waals surface area contributed by atoms with Crippen molar-refractivity contribution in [3.63, 3.8) is 0 Å². The summed E-state index contributed by atoms with van der Waals surface area (Å²) in [5.41, 5.74) is 2.35. The minimum Gasteiger partial charge on any atom is -0.435 e. The first kappa shape index (κ1) is 25.4. The van der Waals surface area contributed by atoms with Gasteiger partial charge in [0.2, 0.25) is 5.88 Å². The fraction of sp³-hybridized carbons (Fsp3) is 0.296. The van der Waals surface area contributed by atoms with E-state index in [0.29, 0.717) is 41.9 Å². The molecular formula is C27H29F2N7O2. The van der Waals surface area contributed by atoms with Crippen LogP contribution in [0.15, 0.2) is 42.7 Å². The summed E-state index contributed by atoms with van der Waals surface area (Å²) in [6.07, 6.45) is 1.21. The number of halogens is 2. The molecule has 4 aromatic rings. The fourth-order valence-corrected chi connectivity index (χ4v) is 4.42. The van der Waals surface area contributed by atoms with Crippen LogP contribution in [0.1, 0.15) is 23.0 Å². The van der Waals surface area contributed by atoms with Gasteiger partial charge in [0.15, 0.2) is 17.4 Å². The largest absolute Gasteiger partial charge is 0.435 e. The van der Waals surface area contributed by atoms with Gasteiger partial charge in [-0.15, -0.1) is 0 Å². The number of ether oxygens (including phenoxy) is 1. The van der Waals surface area contributed by atoms with E-state index in [1.165, 1.54) is 23.4 Å². The van der Waals surface area contributed by atoms with Crippen LogP contribution in [0.3, 0.4) is 0 Å². The molecule has 0 radical (unpaired) electrons. The third kappa shape index (κ3) is 4.97. The topological polar surface area (TPSA) is 98.4 Å². The zero-order chi connectivity index (χ0) is 26.8. The molecule has 0 saturated carbocycles. The number of nitrogens with zero attached hydrogens (tertiary/aromatic N) is 4. The van der Waals surface area contributed by atoms with Crippen LogP contribution in [-0.4, -0.2) is 65.5 Å². The van der Waals surface area contributed by atoms with Gasteiger partial charge >= 0.3 is 0 Å². The number of aromatic amines is 1. The van der Waals surface area contributed by atoms with Gasteiger partial charge in [-0.05, 0) is 50.2 Å². The number of nitrogens with one attached hydrogen (secondary N) is 3. The highest BCUT2D eigenvalue weighted by Crippen LogP contribution is 2.34. The van der Waals surface area contributed by atoms with E-state index < -0.39 is 17.5 Å². The Hall–Kier alpha value is -4.25. The predicted molar refractivity (Wildman–Crippen MR) is 142 cm³/mol. The number of hydrogen-bond acceptors (Lipinski definition) is 7. The van der Waals surface area contributed by atoms with Gasteiger partial charge in [0, 0.05) is 62.1 Å². The summed E-state index contributed by atoms with van der Waals surface area (Å²) in [6, 6.07) is 9.64. The molecule has 3 heterocycles. The summed E-state index contributed by atoms with van der Waals surface area (Å²) >= 11 is 0. The number of carbonyl (C=O) groups is 1. The second kappa shape index (κ2) is 10.6. The van der Waals surface area contributed by atoms with E-state index in [-0.39, 0.29) is 23.0 Å². The number of carbonyl (C=O) groups excluding carboxylic acids is 1. The standard InChI is InChI=1S/C27H29F2N7O2/c1-4-35(3)27(37)23-25(34-17-5-7-21(19(28)14-17)36-11-9-30-10-12-36)31-15-32-26(23)38-22-8-6-20-18(24(22)29)13-16(2)33-20/h5-8,13-15,30,33H,4,9-12H2,1-3H3,(H,31,32,34). The molecule has 11 heteroatoms. The molecule has 1 fully saturated rings. The lowest BCUT2D eigenvalue weighted by molar-refractivity contribution is 0.0799. The molecule has 1 amide bonds. The Morgan fingerprint density at radius 1 is 1.16 bits per heavy atom. The van der Waals surface area contributed by atoms with Crippen molar-refractivity contribution in [3.05, 3.63) is 65.6 Å². The zero-order valence-corrected chi connectivity index (χ0v) is 21.4. The molecule has 5 rings (SSSR count). The van der Waals surface area contributed by atoms with Crippen molar-refractivity contribution < 1.29 is 18.3 Å². The maximum Gasteiger partial charge on any atom is 0.262 e. The van der Waals surface area contributed by atoms with Crippen LogP contribution in [-0.2, 0) is 0 Å². The van der Waals surface area contributed by atoms with Crippen LogP contribution in [0.4, 0.5) is 26.0 Å². The number of rotatable bonds is 7. The van der Waals surface area contributed by atoms with Crippen molar-refractivity contribution in [2.45, 2.75) is 13.8 Å². The van der Waals surface area contributed by atoms with Gasteiger partial charge in [0.1, 0.15) is 17.7 Å².